The number of aromatic nitrogens is 1. The van der Waals surface area contributed by atoms with Crippen molar-refractivity contribution >= 4 is 29.7 Å². The first kappa shape index (κ1) is 23.8. The fourth-order valence-corrected chi connectivity index (χ4v) is 6.68. The van der Waals surface area contributed by atoms with Crippen molar-refractivity contribution in [3.8, 4) is 0 Å². The van der Waals surface area contributed by atoms with Crippen molar-refractivity contribution in [1.29, 1.82) is 0 Å². The molecule has 0 saturated heterocycles. The van der Waals surface area contributed by atoms with Gasteiger partial charge in [-0.25, -0.2) is 4.57 Å². The maximum Gasteiger partial charge on any atom is 0.404 e. The third-order valence-electron chi connectivity index (χ3n) is 8.41. The number of nitrogens with zero attached hydrogens (tertiary/aromatic N) is 3. The van der Waals surface area contributed by atoms with E-state index in [0.29, 0.717) is 11.8 Å². The number of pyridine rings is 1. The number of anilines is 4. The standard InChI is InChI=1S/C33H37BN3/c1-21(2)25-15-12-16-26(22(3)4)32(25)37-29-18-11-10-17-28(29)36-31-24(6)19-20-35(7)33(31)30(34(36)37)27-14-9-8-13-23(27)5/h8-22,30H,1-7H3/q+1. The van der Waals surface area contributed by atoms with Crippen LogP contribution in [0.25, 0.3) is 0 Å². The van der Waals surface area contributed by atoms with Gasteiger partial charge in [-0.2, -0.15) is 0 Å². The van der Waals surface area contributed by atoms with E-state index in [1.54, 1.807) is 0 Å². The van der Waals surface area contributed by atoms with Gasteiger partial charge in [0.05, 0.1) is 17.2 Å². The minimum Gasteiger partial charge on any atom is -0.363 e. The number of fused-ring (bicyclic) bond motifs is 5. The summed E-state index contributed by atoms with van der Waals surface area (Å²) in [5.74, 6) is 1.05. The molecule has 0 fully saturated rings. The number of para-hydroxylation sites is 3. The molecule has 3 aromatic carbocycles. The zero-order chi connectivity index (χ0) is 26.0. The van der Waals surface area contributed by atoms with Gasteiger partial charge in [-0.15, -0.1) is 0 Å². The van der Waals surface area contributed by atoms with Gasteiger partial charge in [0.1, 0.15) is 12.7 Å². The molecule has 0 N–H and O–H groups in total. The summed E-state index contributed by atoms with van der Waals surface area (Å²) in [4.78, 5) is 5.33. The second kappa shape index (κ2) is 8.80. The first-order valence-electron chi connectivity index (χ1n) is 13.7. The average molecular weight is 486 g/mol. The van der Waals surface area contributed by atoms with Crippen LogP contribution in [-0.2, 0) is 7.05 Å². The van der Waals surface area contributed by atoms with Crippen molar-refractivity contribution in [2.24, 2.45) is 7.05 Å². The van der Waals surface area contributed by atoms with Crippen molar-refractivity contribution in [2.75, 3.05) is 9.62 Å². The van der Waals surface area contributed by atoms with E-state index in [4.69, 9.17) is 0 Å². The van der Waals surface area contributed by atoms with Crippen molar-refractivity contribution in [3.63, 3.8) is 0 Å². The van der Waals surface area contributed by atoms with Crippen molar-refractivity contribution in [1.82, 2.24) is 0 Å². The van der Waals surface area contributed by atoms with Gasteiger partial charge in [0, 0.05) is 11.8 Å². The molecule has 4 heteroatoms. The fourth-order valence-electron chi connectivity index (χ4n) is 6.68. The first-order chi connectivity index (χ1) is 17.8. The highest BCUT2D eigenvalue weighted by Gasteiger charge is 2.59. The Morgan fingerprint density at radius 2 is 1.24 bits per heavy atom. The number of hydrogen-bond donors (Lipinski definition) is 0. The molecular formula is C33H37BN3+. The molecule has 3 nitrogen and oxygen atoms in total. The lowest BCUT2D eigenvalue weighted by Gasteiger charge is -2.33. The highest BCUT2D eigenvalue weighted by molar-refractivity contribution is 6.76. The van der Waals surface area contributed by atoms with Crippen molar-refractivity contribution in [2.45, 2.75) is 59.2 Å². The van der Waals surface area contributed by atoms with Crippen LogP contribution in [0.2, 0.25) is 0 Å². The molecule has 2 aliphatic rings. The molecule has 0 saturated carbocycles. The summed E-state index contributed by atoms with van der Waals surface area (Å²) in [6.07, 6.45) is 2.24. The van der Waals surface area contributed by atoms with E-state index >= 15 is 0 Å². The summed E-state index contributed by atoms with van der Waals surface area (Å²) >= 11 is 0. The van der Waals surface area contributed by atoms with E-state index in [9.17, 15) is 0 Å². The molecule has 6 rings (SSSR count). The lowest BCUT2D eigenvalue weighted by molar-refractivity contribution is -0.678. The molecule has 0 radical (unpaired) electrons. The minimum atomic E-state index is 0.123. The van der Waals surface area contributed by atoms with E-state index in [0.717, 1.165) is 0 Å². The third kappa shape index (κ3) is 3.45. The molecular weight excluding hydrogens is 449 g/mol. The maximum atomic E-state index is 2.69. The second-order valence-corrected chi connectivity index (χ2v) is 11.4. The smallest absolute Gasteiger partial charge is 0.363 e. The van der Waals surface area contributed by atoms with E-state index in [-0.39, 0.29) is 12.8 Å². The van der Waals surface area contributed by atoms with Gasteiger partial charge in [-0.3, -0.25) is 0 Å². The van der Waals surface area contributed by atoms with Crippen LogP contribution in [0.4, 0.5) is 22.7 Å². The summed E-state index contributed by atoms with van der Waals surface area (Å²) in [7, 11) is 2.21. The molecule has 37 heavy (non-hydrogen) atoms. The van der Waals surface area contributed by atoms with Crippen LogP contribution in [0.1, 0.15) is 78.9 Å². The molecule has 1 atom stereocenters. The predicted molar refractivity (Wildman–Crippen MR) is 156 cm³/mol. The van der Waals surface area contributed by atoms with E-state index < -0.39 is 0 Å². The van der Waals surface area contributed by atoms with Crippen LogP contribution in [0, 0.1) is 13.8 Å². The van der Waals surface area contributed by atoms with Gasteiger partial charge < -0.3 is 9.62 Å². The number of rotatable bonds is 4. The summed E-state index contributed by atoms with van der Waals surface area (Å²) in [6.45, 7) is 14.0. The van der Waals surface area contributed by atoms with E-state index in [1.165, 1.54) is 56.3 Å². The number of aryl methyl sites for hydroxylation is 3. The first-order valence-corrected chi connectivity index (χ1v) is 13.7. The lowest BCUT2D eigenvalue weighted by atomic mass is 9.57. The van der Waals surface area contributed by atoms with Crippen LogP contribution < -0.4 is 14.2 Å². The zero-order valence-electron chi connectivity index (χ0n) is 23.2. The lowest BCUT2D eigenvalue weighted by Crippen LogP contribution is -2.47. The number of benzene rings is 3. The fraction of sp³-hybridized carbons (Fsp3) is 0.303. The molecule has 0 amide bonds. The van der Waals surface area contributed by atoms with Crippen molar-refractivity contribution < 1.29 is 4.57 Å². The normalized spacial score (nSPS) is 16.0. The average Bonchev–Trinajstić information content (AvgIpc) is 3.39. The highest BCUT2D eigenvalue weighted by Crippen LogP contribution is 2.58. The molecule has 3 heterocycles. The molecule has 186 valence electrons. The largest absolute Gasteiger partial charge is 0.404 e. The van der Waals surface area contributed by atoms with E-state index in [1.807, 2.05) is 0 Å². The molecule has 1 unspecified atom stereocenters. The molecule has 1 aromatic heterocycles. The van der Waals surface area contributed by atoms with Gasteiger partial charge in [-0.1, -0.05) is 82.3 Å². The second-order valence-electron chi connectivity index (χ2n) is 11.4. The SMILES string of the molecule is Cc1ccccc1C1B2N(c3c(C(C)C)cccc3C(C)C)c3ccccc3N2c2c(C)cc[n+](C)c21. The Morgan fingerprint density at radius 1 is 0.676 bits per heavy atom. The Hall–Kier alpha value is -3.53. The van der Waals surface area contributed by atoms with Crippen LogP contribution in [-0.4, -0.2) is 6.98 Å². The summed E-state index contributed by atoms with van der Waals surface area (Å²) in [5, 5.41) is 0. The Morgan fingerprint density at radius 3 is 1.84 bits per heavy atom. The van der Waals surface area contributed by atoms with Crippen LogP contribution in [0.5, 0.6) is 0 Å². The molecule has 0 spiro atoms. The molecule has 0 bridgehead atoms. The Bertz CT molecular complexity index is 1480. The van der Waals surface area contributed by atoms with Gasteiger partial charge in [-0.05, 0) is 65.6 Å². The third-order valence-corrected chi connectivity index (χ3v) is 8.41. The molecule has 2 aliphatic heterocycles. The Balaban J connectivity index is 1.72. The quantitative estimate of drug-likeness (QED) is 0.215. The Labute approximate surface area is 222 Å². The highest BCUT2D eigenvalue weighted by atomic mass is 15.3. The number of hydrogen-bond acceptors (Lipinski definition) is 2. The Kier molecular flexibility index (Phi) is 5.67. The van der Waals surface area contributed by atoms with Crippen molar-refractivity contribution in [3.05, 3.63) is 113 Å². The molecule has 4 aromatic rings. The zero-order valence-corrected chi connectivity index (χ0v) is 23.2. The predicted octanol–water partition coefficient (Wildman–Crippen LogP) is 7.84. The van der Waals surface area contributed by atoms with Crippen LogP contribution in [0.15, 0.2) is 79.0 Å². The monoisotopic (exact) mass is 486 g/mol. The summed E-state index contributed by atoms with van der Waals surface area (Å²) < 4.78 is 2.36. The van der Waals surface area contributed by atoms with E-state index in [2.05, 4.69) is 142 Å². The topological polar surface area (TPSA) is 10.4 Å². The minimum absolute atomic E-state index is 0.123. The van der Waals surface area contributed by atoms with Crippen LogP contribution in [0.3, 0.4) is 0 Å². The maximum absolute atomic E-state index is 2.69. The van der Waals surface area contributed by atoms with Gasteiger partial charge >= 0.3 is 6.98 Å². The summed E-state index contributed by atoms with van der Waals surface area (Å²) in [6, 6.07) is 27.2. The van der Waals surface area contributed by atoms with Gasteiger partial charge in [0.2, 0.25) is 5.69 Å². The summed E-state index contributed by atoms with van der Waals surface area (Å²) in [5.41, 5.74) is 13.7. The van der Waals surface area contributed by atoms with Gasteiger partial charge in [0.15, 0.2) is 6.20 Å². The molecule has 0 aliphatic carbocycles. The van der Waals surface area contributed by atoms with Crippen LogP contribution >= 0.6 is 0 Å². The van der Waals surface area contributed by atoms with Gasteiger partial charge in [0.25, 0.3) is 0 Å².